The Morgan fingerprint density at radius 2 is 2.14 bits per heavy atom. The topological polar surface area (TPSA) is 62.3 Å². The van der Waals surface area contributed by atoms with E-state index in [9.17, 15) is 9.59 Å². The molecule has 7 heteroatoms. The highest BCUT2D eigenvalue weighted by Gasteiger charge is 2.39. The van der Waals surface area contributed by atoms with Crippen LogP contribution < -0.4 is 5.32 Å². The second-order valence-corrected chi connectivity index (χ2v) is 8.17. The fourth-order valence-corrected chi connectivity index (χ4v) is 4.72. The maximum Gasteiger partial charge on any atom is 0.267 e. The van der Waals surface area contributed by atoms with E-state index >= 15 is 0 Å². The molecule has 2 heterocycles. The first-order chi connectivity index (χ1) is 10.7. The monoisotopic (exact) mass is 337 g/mol. The lowest BCUT2D eigenvalue weighted by atomic mass is 10.2. The van der Waals surface area contributed by atoms with Crippen LogP contribution in [0.5, 0.6) is 0 Å². The smallest absolute Gasteiger partial charge is 0.267 e. The van der Waals surface area contributed by atoms with Gasteiger partial charge in [-0.1, -0.05) is 0 Å². The second kappa shape index (κ2) is 5.85. The number of thioether (sulfide) groups is 1. The Labute approximate surface area is 137 Å². The lowest BCUT2D eigenvalue weighted by molar-refractivity contribution is -0.124. The molecule has 0 bridgehead atoms. The number of carbonyl (C=O) groups excluding carboxylic acids is 2. The summed E-state index contributed by atoms with van der Waals surface area (Å²) >= 11 is 3.06. The number of amides is 2. The molecule has 4 rings (SSSR count). The normalized spacial score (nSPS) is 24.5. The molecule has 3 fully saturated rings. The zero-order valence-electron chi connectivity index (χ0n) is 12.3. The SMILES string of the molecule is O=C(NCC1CC1)C1CSCN1C(=O)c1scnc1C1CC1. The van der Waals surface area contributed by atoms with Gasteiger partial charge in [0.2, 0.25) is 5.91 Å². The summed E-state index contributed by atoms with van der Waals surface area (Å²) < 4.78 is 0. The van der Waals surface area contributed by atoms with Crippen molar-refractivity contribution in [1.29, 1.82) is 0 Å². The number of thiazole rings is 1. The Balaban J connectivity index is 1.46. The maximum atomic E-state index is 12.8. The van der Waals surface area contributed by atoms with Crippen molar-refractivity contribution in [2.45, 2.75) is 37.6 Å². The third-order valence-electron chi connectivity index (χ3n) is 4.46. The Bertz CT molecular complexity index is 595. The summed E-state index contributed by atoms with van der Waals surface area (Å²) in [7, 11) is 0. The summed E-state index contributed by atoms with van der Waals surface area (Å²) in [6.07, 6.45) is 4.69. The van der Waals surface area contributed by atoms with E-state index in [2.05, 4.69) is 10.3 Å². The molecule has 1 N–H and O–H groups in total. The van der Waals surface area contributed by atoms with Gasteiger partial charge in [0.15, 0.2) is 0 Å². The van der Waals surface area contributed by atoms with Crippen LogP contribution in [0.3, 0.4) is 0 Å². The number of hydrogen-bond acceptors (Lipinski definition) is 5. The van der Waals surface area contributed by atoms with Crippen molar-refractivity contribution in [3.63, 3.8) is 0 Å². The Kier molecular flexibility index (Phi) is 3.86. The van der Waals surface area contributed by atoms with Crippen molar-refractivity contribution in [2.75, 3.05) is 18.2 Å². The summed E-state index contributed by atoms with van der Waals surface area (Å²) in [5, 5.41) is 3.01. The zero-order chi connectivity index (χ0) is 15.1. The van der Waals surface area contributed by atoms with Gasteiger partial charge in [-0.25, -0.2) is 4.98 Å². The van der Waals surface area contributed by atoms with E-state index in [4.69, 9.17) is 0 Å². The molecule has 118 valence electrons. The van der Waals surface area contributed by atoms with E-state index in [1.54, 1.807) is 22.2 Å². The van der Waals surface area contributed by atoms with Crippen LogP contribution in [0.1, 0.15) is 47.0 Å². The van der Waals surface area contributed by atoms with Gasteiger partial charge in [-0.3, -0.25) is 9.59 Å². The minimum Gasteiger partial charge on any atom is -0.354 e. The number of aromatic nitrogens is 1. The predicted octanol–water partition coefficient (Wildman–Crippen LogP) is 2.06. The molecule has 5 nitrogen and oxygen atoms in total. The second-order valence-electron chi connectivity index (χ2n) is 6.32. The van der Waals surface area contributed by atoms with Gasteiger partial charge in [0.25, 0.3) is 5.91 Å². The third-order valence-corrected chi connectivity index (χ3v) is 6.30. The number of nitrogens with zero attached hydrogens (tertiary/aromatic N) is 2. The first-order valence-corrected chi connectivity index (χ1v) is 9.87. The molecule has 2 saturated carbocycles. The molecule has 1 unspecified atom stereocenters. The summed E-state index contributed by atoms with van der Waals surface area (Å²) in [6.45, 7) is 0.760. The molecule has 2 amide bonds. The highest BCUT2D eigenvalue weighted by Crippen LogP contribution is 2.42. The van der Waals surface area contributed by atoms with Crippen LogP contribution in [0.4, 0.5) is 0 Å². The Hall–Kier alpha value is -1.08. The van der Waals surface area contributed by atoms with Gasteiger partial charge in [-0.2, -0.15) is 0 Å². The molecule has 1 atom stereocenters. The van der Waals surface area contributed by atoms with Crippen molar-refractivity contribution in [1.82, 2.24) is 15.2 Å². The Morgan fingerprint density at radius 1 is 1.32 bits per heavy atom. The van der Waals surface area contributed by atoms with Gasteiger partial charge in [0.05, 0.1) is 17.1 Å². The van der Waals surface area contributed by atoms with Crippen LogP contribution in [0.2, 0.25) is 0 Å². The molecular weight excluding hydrogens is 318 g/mol. The number of nitrogens with one attached hydrogen (secondary N) is 1. The fourth-order valence-electron chi connectivity index (χ4n) is 2.74. The van der Waals surface area contributed by atoms with Gasteiger partial charge < -0.3 is 10.2 Å². The average molecular weight is 337 g/mol. The van der Waals surface area contributed by atoms with Crippen LogP contribution in [-0.2, 0) is 4.79 Å². The quantitative estimate of drug-likeness (QED) is 0.893. The number of rotatable bonds is 5. The molecular formula is C15H19N3O2S2. The van der Waals surface area contributed by atoms with Crippen LogP contribution >= 0.6 is 23.1 Å². The summed E-state index contributed by atoms with van der Waals surface area (Å²) in [6, 6.07) is -0.328. The maximum absolute atomic E-state index is 12.8. The number of carbonyl (C=O) groups is 2. The summed E-state index contributed by atoms with van der Waals surface area (Å²) in [4.78, 5) is 32.0. The molecule has 2 aliphatic carbocycles. The minimum absolute atomic E-state index is 0.00253. The van der Waals surface area contributed by atoms with E-state index in [0.717, 1.165) is 30.0 Å². The molecule has 1 saturated heterocycles. The first kappa shape index (κ1) is 14.5. The van der Waals surface area contributed by atoms with Gasteiger partial charge >= 0.3 is 0 Å². The van der Waals surface area contributed by atoms with Crippen molar-refractivity contribution >= 4 is 34.9 Å². The molecule has 3 aliphatic rings. The lowest BCUT2D eigenvalue weighted by Crippen LogP contribution is -2.47. The van der Waals surface area contributed by atoms with Crippen molar-refractivity contribution in [3.05, 3.63) is 16.1 Å². The molecule has 0 spiro atoms. The minimum atomic E-state index is -0.328. The van der Waals surface area contributed by atoms with E-state index in [1.807, 2.05) is 0 Å². The average Bonchev–Trinajstić information content (AvgIpc) is 3.44. The molecule has 1 aliphatic heterocycles. The lowest BCUT2D eigenvalue weighted by Gasteiger charge is -2.22. The molecule has 0 radical (unpaired) electrons. The molecule has 22 heavy (non-hydrogen) atoms. The third kappa shape index (κ3) is 2.88. The first-order valence-electron chi connectivity index (χ1n) is 7.84. The largest absolute Gasteiger partial charge is 0.354 e. The van der Waals surface area contributed by atoms with Crippen molar-refractivity contribution in [3.8, 4) is 0 Å². The fraction of sp³-hybridized carbons (Fsp3) is 0.667. The van der Waals surface area contributed by atoms with Crippen LogP contribution in [-0.4, -0.2) is 45.9 Å². The highest BCUT2D eigenvalue weighted by molar-refractivity contribution is 7.99. The van der Waals surface area contributed by atoms with Crippen LogP contribution in [0, 0.1) is 5.92 Å². The van der Waals surface area contributed by atoms with Gasteiger partial charge in [0, 0.05) is 18.2 Å². The van der Waals surface area contributed by atoms with Gasteiger partial charge in [0.1, 0.15) is 10.9 Å². The van der Waals surface area contributed by atoms with Gasteiger partial charge in [-0.05, 0) is 31.6 Å². The van der Waals surface area contributed by atoms with Crippen molar-refractivity contribution < 1.29 is 9.59 Å². The standard InChI is InChI=1S/C15H19N3O2S2/c19-14(16-5-9-1-2-9)11-6-21-8-18(11)15(20)13-12(10-3-4-10)17-7-22-13/h7,9-11H,1-6,8H2,(H,16,19). The van der Waals surface area contributed by atoms with Crippen LogP contribution in [0.25, 0.3) is 0 Å². The molecule has 1 aromatic rings. The summed E-state index contributed by atoms with van der Waals surface area (Å²) in [5.41, 5.74) is 2.70. The Morgan fingerprint density at radius 3 is 2.86 bits per heavy atom. The number of hydrogen-bond donors (Lipinski definition) is 1. The van der Waals surface area contributed by atoms with E-state index in [0.29, 0.717) is 23.5 Å². The summed E-state index contributed by atoms with van der Waals surface area (Å²) in [5.74, 6) is 2.40. The van der Waals surface area contributed by atoms with Crippen molar-refractivity contribution in [2.24, 2.45) is 5.92 Å². The predicted molar refractivity (Wildman–Crippen MR) is 87.1 cm³/mol. The molecule has 0 aromatic carbocycles. The van der Waals surface area contributed by atoms with E-state index in [-0.39, 0.29) is 17.9 Å². The highest BCUT2D eigenvalue weighted by atomic mass is 32.2. The van der Waals surface area contributed by atoms with Crippen LogP contribution in [0.15, 0.2) is 5.51 Å². The van der Waals surface area contributed by atoms with E-state index in [1.165, 1.54) is 24.2 Å². The van der Waals surface area contributed by atoms with Gasteiger partial charge in [-0.15, -0.1) is 23.1 Å². The molecule has 1 aromatic heterocycles. The van der Waals surface area contributed by atoms with E-state index < -0.39 is 0 Å². The zero-order valence-corrected chi connectivity index (χ0v) is 13.9.